The maximum atomic E-state index is 12.8. The number of carbonyl (C=O) groups is 3. The molecule has 0 aromatic heterocycles. The molecule has 32 heavy (non-hydrogen) atoms. The summed E-state index contributed by atoms with van der Waals surface area (Å²) in [6.45, 7) is 1.91. The number of amides is 3. The van der Waals surface area contributed by atoms with Gasteiger partial charge >= 0.3 is 0 Å². The number of halogens is 2. The molecule has 0 aliphatic carbocycles. The van der Waals surface area contributed by atoms with Gasteiger partial charge in [0.25, 0.3) is 17.7 Å². The van der Waals surface area contributed by atoms with Gasteiger partial charge in [-0.25, -0.2) is 4.90 Å². The number of nitrogens with zero attached hydrogens (tertiary/aromatic N) is 1. The first kappa shape index (κ1) is 21.6. The topological polar surface area (TPSA) is 78.5 Å². The molecule has 3 amide bonds. The van der Waals surface area contributed by atoms with Crippen molar-refractivity contribution in [3.63, 3.8) is 0 Å². The van der Waals surface area contributed by atoms with Crippen molar-refractivity contribution in [2.24, 2.45) is 0 Å². The lowest BCUT2D eigenvalue weighted by atomic mass is 10.1. The van der Waals surface area contributed by atoms with Gasteiger partial charge in [0.15, 0.2) is 0 Å². The summed E-state index contributed by atoms with van der Waals surface area (Å²) in [4.78, 5) is 38.9. The zero-order chi connectivity index (χ0) is 22.8. The molecule has 1 aliphatic rings. The van der Waals surface area contributed by atoms with E-state index >= 15 is 0 Å². The van der Waals surface area contributed by atoms with Crippen molar-refractivity contribution in [2.75, 3.05) is 15.5 Å². The van der Waals surface area contributed by atoms with Crippen molar-refractivity contribution in [1.29, 1.82) is 0 Å². The van der Waals surface area contributed by atoms with E-state index in [0.717, 1.165) is 16.2 Å². The van der Waals surface area contributed by atoms with Crippen LogP contribution in [0.5, 0.6) is 0 Å². The minimum absolute atomic E-state index is 0.0474. The van der Waals surface area contributed by atoms with Crippen LogP contribution < -0.4 is 15.5 Å². The van der Waals surface area contributed by atoms with Crippen LogP contribution in [-0.2, 0) is 9.59 Å². The van der Waals surface area contributed by atoms with Crippen molar-refractivity contribution in [1.82, 2.24) is 0 Å². The van der Waals surface area contributed by atoms with Gasteiger partial charge in [-0.05, 0) is 61.0 Å². The third-order valence-corrected chi connectivity index (χ3v) is 5.49. The normalized spacial score (nSPS) is 13.5. The largest absolute Gasteiger partial charge is 0.350 e. The second kappa shape index (κ2) is 8.86. The SMILES string of the molecule is Cc1ccccc1NC(=O)c1ccc(NC2=C(Cl)C(=O)N(c3cccc(Cl)c3)C2=O)cc1. The summed E-state index contributed by atoms with van der Waals surface area (Å²) in [5, 5.41) is 5.91. The molecule has 0 spiro atoms. The molecule has 2 N–H and O–H groups in total. The second-order valence-corrected chi connectivity index (χ2v) is 7.90. The molecule has 0 atom stereocenters. The summed E-state index contributed by atoms with van der Waals surface area (Å²) in [5.41, 5.74) is 2.90. The number of hydrogen-bond donors (Lipinski definition) is 2. The van der Waals surface area contributed by atoms with Crippen LogP contribution in [-0.4, -0.2) is 17.7 Å². The van der Waals surface area contributed by atoms with Gasteiger partial charge in [0.05, 0.1) is 5.69 Å². The van der Waals surface area contributed by atoms with Crippen LogP contribution in [0.4, 0.5) is 17.1 Å². The Balaban J connectivity index is 1.49. The molecule has 6 nitrogen and oxygen atoms in total. The van der Waals surface area contributed by atoms with E-state index in [9.17, 15) is 14.4 Å². The van der Waals surface area contributed by atoms with Gasteiger partial charge in [0.1, 0.15) is 10.7 Å². The summed E-state index contributed by atoms with van der Waals surface area (Å²) < 4.78 is 0. The Morgan fingerprint density at radius 2 is 1.59 bits per heavy atom. The van der Waals surface area contributed by atoms with Crippen molar-refractivity contribution in [2.45, 2.75) is 6.92 Å². The number of carbonyl (C=O) groups excluding carboxylic acids is 3. The lowest BCUT2D eigenvalue weighted by Crippen LogP contribution is -2.32. The molecule has 0 radical (unpaired) electrons. The van der Waals surface area contributed by atoms with Gasteiger partial charge in [0, 0.05) is 22.0 Å². The van der Waals surface area contributed by atoms with Gasteiger partial charge in [-0.15, -0.1) is 0 Å². The highest BCUT2D eigenvalue weighted by Gasteiger charge is 2.39. The van der Waals surface area contributed by atoms with Gasteiger partial charge in [0.2, 0.25) is 0 Å². The minimum Gasteiger partial charge on any atom is -0.350 e. The fraction of sp³-hybridized carbons (Fsp3) is 0.0417. The number of aryl methyl sites for hydroxylation is 1. The summed E-state index contributed by atoms with van der Waals surface area (Å²) in [6.07, 6.45) is 0. The molecular formula is C24H17Cl2N3O3. The van der Waals surface area contributed by atoms with E-state index in [0.29, 0.717) is 22.0 Å². The lowest BCUT2D eigenvalue weighted by Gasteiger charge is -2.15. The zero-order valence-corrected chi connectivity index (χ0v) is 18.4. The maximum absolute atomic E-state index is 12.8. The quantitative estimate of drug-likeness (QED) is 0.498. The van der Waals surface area contributed by atoms with E-state index in [2.05, 4.69) is 10.6 Å². The number of nitrogens with one attached hydrogen (secondary N) is 2. The average molecular weight is 466 g/mol. The predicted octanol–water partition coefficient (Wildman–Crippen LogP) is 5.34. The Morgan fingerprint density at radius 1 is 0.875 bits per heavy atom. The van der Waals surface area contributed by atoms with E-state index in [4.69, 9.17) is 23.2 Å². The number of hydrogen-bond acceptors (Lipinski definition) is 4. The summed E-state index contributed by atoms with van der Waals surface area (Å²) in [5.74, 6) is -1.50. The fourth-order valence-electron chi connectivity index (χ4n) is 3.22. The first-order valence-electron chi connectivity index (χ1n) is 9.63. The van der Waals surface area contributed by atoms with Gasteiger partial charge in [-0.2, -0.15) is 0 Å². The van der Waals surface area contributed by atoms with Crippen LogP contribution in [0.25, 0.3) is 0 Å². The van der Waals surface area contributed by atoms with Crippen molar-refractivity contribution >= 4 is 58.0 Å². The number of rotatable bonds is 5. The molecule has 3 aromatic carbocycles. The highest BCUT2D eigenvalue weighted by molar-refractivity contribution is 6.53. The summed E-state index contributed by atoms with van der Waals surface area (Å²) in [6, 6.07) is 20.3. The van der Waals surface area contributed by atoms with E-state index in [1.165, 1.54) is 6.07 Å². The predicted molar refractivity (Wildman–Crippen MR) is 126 cm³/mol. The van der Waals surface area contributed by atoms with E-state index in [1.54, 1.807) is 42.5 Å². The summed E-state index contributed by atoms with van der Waals surface area (Å²) >= 11 is 12.1. The molecule has 160 valence electrons. The van der Waals surface area contributed by atoms with E-state index in [1.807, 2.05) is 31.2 Å². The first-order chi connectivity index (χ1) is 15.3. The Hall–Kier alpha value is -3.61. The standard InChI is InChI=1S/C24H17Cl2N3O3/c1-14-5-2-3-8-19(14)28-22(30)15-9-11-17(12-10-15)27-21-20(26)23(31)29(24(21)32)18-7-4-6-16(25)13-18/h2-13,27H,1H3,(H,28,30). The average Bonchev–Trinajstić information content (AvgIpc) is 2.99. The molecule has 0 fully saturated rings. The Morgan fingerprint density at radius 3 is 2.28 bits per heavy atom. The highest BCUT2D eigenvalue weighted by Crippen LogP contribution is 2.31. The number of benzene rings is 3. The van der Waals surface area contributed by atoms with Crippen LogP contribution >= 0.6 is 23.2 Å². The van der Waals surface area contributed by atoms with Crippen LogP contribution in [0.2, 0.25) is 5.02 Å². The Labute approximate surface area is 194 Å². The highest BCUT2D eigenvalue weighted by atomic mass is 35.5. The molecule has 0 saturated heterocycles. The first-order valence-corrected chi connectivity index (χ1v) is 10.4. The molecule has 4 rings (SSSR count). The van der Waals surface area contributed by atoms with Gasteiger partial charge in [-0.1, -0.05) is 47.5 Å². The van der Waals surface area contributed by atoms with Crippen molar-refractivity contribution in [3.05, 3.63) is 99.7 Å². The number of imide groups is 1. The zero-order valence-electron chi connectivity index (χ0n) is 16.9. The molecule has 0 bridgehead atoms. The molecule has 8 heteroatoms. The van der Waals surface area contributed by atoms with Gasteiger partial charge in [-0.3, -0.25) is 14.4 Å². The molecule has 0 unspecified atom stereocenters. The van der Waals surface area contributed by atoms with E-state index in [-0.39, 0.29) is 16.6 Å². The Kier molecular flexibility index (Phi) is 5.99. The number of anilines is 3. The Bertz CT molecular complexity index is 1270. The molecule has 0 saturated carbocycles. The lowest BCUT2D eigenvalue weighted by molar-refractivity contribution is -0.120. The molecule has 1 heterocycles. The van der Waals surface area contributed by atoms with Crippen LogP contribution in [0, 0.1) is 6.92 Å². The maximum Gasteiger partial charge on any atom is 0.283 e. The second-order valence-electron chi connectivity index (χ2n) is 7.09. The third kappa shape index (κ3) is 4.23. The van der Waals surface area contributed by atoms with Gasteiger partial charge < -0.3 is 10.6 Å². The molecule has 1 aliphatic heterocycles. The van der Waals surface area contributed by atoms with Crippen LogP contribution in [0.1, 0.15) is 15.9 Å². The summed E-state index contributed by atoms with van der Waals surface area (Å²) in [7, 11) is 0. The van der Waals surface area contributed by atoms with Crippen LogP contribution in [0.15, 0.2) is 83.5 Å². The van der Waals surface area contributed by atoms with Crippen LogP contribution in [0.3, 0.4) is 0 Å². The third-order valence-electron chi connectivity index (χ3n) is 4.90. The van der Waals surface area contributed by atoms with Crippen molar-refractivity contribution in [3.8, 4) is 0 Å². The monoisotopic (exact) mass is 465 g/mol. The number of para-hydroxylation sites is 1. The van der Waals surface area contributed by atoms with Crippen molar-refractivity contribution < 1.29 is 14.4 Å². The van der Waals surface area contributed by atoms with E-state index < -0.39 is 11.8 Å². The fourth-order valence-corrected chi connectivity index (χ4v) is 3.62. The minimum atomic E-state index is -0.643. The smallest absolute Gasteiger partial charge is 0.283 e. The molecule has 3 aromatic rings. The molecular weight excluding hydrogens is 449 g/mol.